The first kappa shape index (κ1) is 16.5. The Morgan fingerprint density at radius 2 is 2.08 bits per heavy atom. The van der Waals surface area contributed by atoms with Crippen LogP contribution in [-0.2, 0) is 13.5 Å². The van der Waals surface area contributed by atoms with Crippen LogP contribution < -0.4 is 21.0 Å². The molecular weight excluding hydrogens is 339 g/mol. The Balaban J connectivity index is 2.38. The zero-order chi connectivity index (χ0) is 17.8. The Bertz CT molecular complexity index is 951. The molecule has 0 saturated heterocycles. The lowest BCUT2D eigenvalue weighted by molar-refractivity contribution is 0.255. The molecule has 128 valence electrons. The van der Waals surface area contributed by atoms with Crippen LogP contribution in [0.2, 0.25) is 5.02 Å². The third-order valence-electron chi connectivity index (χ3n) is 3.86. The number of fused-ring (bicyclic) bond motifs is 1. The van der Waals surface area contributed by atoms with E-state index in [1.54, 1.807) is 21.0 Å². The largest absolute Gasteiger partial charge is 0.488 e. The topological polar surface area (TPSA) is 69.4 Å². The van der Waals surface area contributed by atoms with Gasteiger partial charge in [-0.3, -0.25) is 4.57 Å². The van der Waals surface area contributed by atoms with Gasteiger partial charge in [0, 0.05) is 33.1 Å². The Labute approximate surface area is 141 Å². The van der Waals surface area contributed by atoms with E-state index in [-0.39, 0.29) is 22.8 Å². The fraction of sp³-hybridized carbons (Fsp3) is 0.400. The van der Waals surface area contributed by atoms with E-state index in [0.29, 0.717) is 17.7 Å². The van der Waals surface area contributed by atoms with Crippen molar-refractivity contribution in [2.75, 3.05) is 19.0 Å². The molecule has 0 amide bonds. The Kier molecular flexibility index (Phi) is 3.87. The minimum atomic E-state index is -0.857. The Hall–Kier alpha value is -2.35. The average Bonchev–Trinajstić information content (AvgIpc) is 2.88. The van der Waals surface area contributed by atoms with Crippen molar-refractivity contribution in [1.29, 1.82) is 0 Å². The number of hydrogen-bond acceptors (Lipinski definition) is 5. The molecule has 0 aliphatic carbocycles. The standard InChI is InChI=1S/C15H16ClFN4O3/c1-7-5-8-11(10(17)6-9(16)12(8)24-7)21-14(22)18-13(19(2)3)20(4)15(21)23/h6-7H,5H2,1-4H3. The van der Waals surface area contributed by atoms with Crippen LogP contribution >= 0.6 is 11.6 Å². The zero-order valence-corrected chi connectivity index (χ0v) is 14.4. The van der Waals surface area contributed by atoms with Crippen molar-refractivity contribution >= 4 is 17.5 Å². The summed E-state index contributed by atoms with van der Waals surface area (Å²) in [7, 11) is 4.77. The summed E-state index contributed by atoms with van der Waals surface area (Å²) < 4.78 is 22.1. The second-order valence-corrected chi connectivity index (χ2v) is 6.30. The molecule has 0 saturated carbocycles. The number of halogens is 2. The summed E-state index contributed by atoms with van der Waals surface area (Å²) in [5.41, 5.74) is -1.31. The predicted octanol–water partition coefficient (Wildman–Crippen LogP) is 1.11. The molecule has 1 aromatic heterocycles. The van der Waals surface area contributed by atoms with Crippen LogP contribution in [0.1, 0.15) is 12.5 Å². The van der Waals surface area contributed by atoms with Crippen LogP contribution in [0.25, 0.3) is 5.69 Å². The van der Waals surface area contributed by atoms with Crippen LogP contribution in [0.5, 0.6) is 5.75 Å². The Morgan fingerprint density at radius 3 is 2.71 bits per heavy atom. The second kappa shape index (κ2) is 5.62. The molecule has 7 nitrogen and oxygen atoms in total. The molecule has 1 aliphatic heterocycles. The van der Waals surface area contributed by atoms with Gasteiger partial charge in [0.1, 0.15) is 17.7 Å². The number of anilines is 1. The molecule has 0 radical (unpaired) electrons. The van der Waals surface area contributed by atoms with E-state index in [4.69, 9.17) is 16.3 Å². The third kappa shape index (κ3) is 2.37. The summed E-state index contributed by atoms with van der Waals surface area (Å²) in [6.45, 7) is 1.80. The van der Waals surface area contributed by atoms with Gasteiger partial charge < -0.3 is 9.64 Å². The van der Waals surface area contributed by atoms with Crippen LogP contribution in [0.15, 0.2) is 15.7 Å². The van der Waals surface area contributed by atoms with E-state index in [1.165, 1.54) is 16.5 Å². The lowest BCUT2D eigenvalue weighted by Gasteiger charge is -2.17. The quantitative estimate of drug-likeness (QED) is 0.808. The maximum atomic E-state index is 14.6. The molecule has 1 aliphatic rings. The van der Waals surface area contributed by atoms with Crippen molar-refractivity contribution in [2.24, 2.45) is 7.05 Å². The minimum absolute atomic E-state index is 0.110. The molecule has 1 unspecified atom stereocenters. The summed E-state index contributed by atoms with van der Waals surface area (Å²) in [5.74, 6) is -0.293. The number of benzene rings is 1. The third-order valence-corrected chi connectivity index (χ3v) is 4.14. The van der Waals surface area contributed by atoms with Crippen LogP contribution in [-0.4, -0.2) is 34.3 Å². The SMILES string of the molecule is CC1Cc2c(c(Cl)cc(F)c2-n2c(=O)nc(N(C)C)n(C)c2=O)O1. The lowest BCUT2D eigenvalue weighted by atomic mass is 10.1. The van der Waals surface area contributed by atoms with Crippen molar-refractivity contribution in [3.63, 3.8) is 0 Å². The molecule has 9 heteroatoms. The summed E-state index contributed by atoms with van der Waals surface area (Å²) in [6, 6.07) is 1.04. The first-order chi connectivity index (χ1) is 11.2. The molecule has 0 N–H and O–H groups in total. The van der Waals surface area contributed by atoms with E-state index >= 15 is 0 Å². The van der Waals surface area contributed by atoms with E-state index in [1.807, 2.05) is 0 Å². The highest BCUT2D eigenvalue weighted by molar-refractivity contribution is 6.32. The van der Waals surface area contributed by atoms with Crippen molar-refractivity contribution in [1.82, 2.24) is 14.1 Å². The molecule has 2 aromatic rings. The van der Waals surface area contributed by atoms with Gasteiger partial charge in [-0.15, -0.1) is 0 Å². The van der Waals surface area contributed by atoms with Crippen LogP contribution in [0.4, 0.5) is 10.3 Å². The monoisotopic (exact) mass is 354 g/mol. The van der Waals surface area contributed by atoms with E-state index in [2.05, 4.69) is 4.98 Å². The first-order valence-corrected chi connectivity index (χ1v) is 7.65. The van der Waals surface area contributed by atoms with Crippen molar-refractivity contribution in [3.8, 4) is 11.4 Å². The van der Waals surface area contributed by atoms with Gasteiger partial charge in [0.2, 0.25) is 5.95 Å². The van der Waals surface area contributed by atoms with Crippen molar-refractivity contribution in [2.45, 2.75) is 19.4 Å². The van der Waals surface area contributed by atoms with Gasteiger partial charge >= 0.3 is 11.4 Å². The minimum Gasteiger partial charge on any atom is -0.488 e. The second-order valence-electron chi connectivity index (χ2n) is 5.89. The summed E-state index contributed by atoms with van der Waals surface area (Å²) in [6.07, 6.45) is 0.110. The number of rotatable bonds is 2. The zero-order valence-electron chi connectivity index (χ0n) is 13.6. The molecule has 3 rings (SSSR count). The lowest BCUT2D eigenvalue weighted by Crippen LogP contribution is -2.42. The normalized spacial score (nSPS) is 16.0. The van der Waals surface area contributed by atoms with Gasteiger partial charge in [0.15, 0.2) is 0 Å². The maximum Gasteiger partial charge on any atom is 0.359 e. The van der Waals surface area contributed by atoms with E-state index in [9.17, 15) is 14.0 Å². The van der Waals surface area contributed by atoms with Gasteiger partial charge in [-0.25, -0.2) is 18.5 Å². The molecule has 1 aromatic carbocycles. The van der Waals surface area contributed by atoms with Gasteiger partial charge in [-0.1, -0.05) is 11.6 Å². The molecule has 0 spiro atoms. The molecule has 0 fully saturated rings. The van der Waals surface area contributed by atoms with Crippen LogP contribution in [0.3, 0.4) is 0 Å². The highest BCUT2D eigenvalue weighted by atomic mass is 35.5. The average molecular weight is 355 g/mol. The number of aromatic nitrogens is 3. The number of ether oxygens (including phenoxy) is 1. The van der Waals surface area contributed by atoms with E-state index < -0.39 is 17.2 Å². The molecule has 0 bridgehead atoms. The highest BCUT2D eigenvalue weighted by Crippen LogP contribution is 2.40. The number of nitrogens with zero attached hydrogens (tertiary/aromatic N) is 4. The first-order valence-electron chi connectivity index (χ1n) is 7.27. The summed E-state index contributed by atoms with van der Waals surface area (Å²) in [4.78, 5) is 30.5. The predicted molar refractivity (Wildman–Crippen MR) is 88.2 cm³/mol. The van der Waals surface area contributed by atoms with E-state index in [0.717, 1.165) is 10.6 Å². The molecule has 2 heterocycles. The van der Waals surface area contributed by atoms with Gasteiger partial charge in [-0.05, 0) is 13.0 Å². The smallest absolute Gasteiger partial charge is 0.359 e. The highest BCUT2D eigenvalue weighted by Gasteiger charge is 2.30. The van der Waals surface area contributed by atoms with Gasteiger partial charge in [0.25, 0.3) is 0 Å². The summed E-state index contributed by atoms with van der Waals surface area (Å²) >= 11 is 6.02. The fourth-order valence-corrected chi connectivity index (χ4v) is 3.10. The molecule has 24 heavy (non-hydrogen) atoms. The van der Waals surface area contributed by atoms with Crippen molar-refractivity contribution in [3.05, 3.63) is 43.4 Å². The molecule has 1 atom stereocenters. The van der Waals surface area contributed by atoms with Crippen molar-refractivity contribution < 1.29 is 9.13 Å². The maximum absolute atomic E-state index is 14.6. The van der Waals surface area contributed by atoms with Crippen LogP contribution in [0, 0.1) is 5.82 Å². The van der Waals surface area contributed by atoms with Gasteiger partial charge in [-0.2, -0.15) is 4.98 Å². The molecular formula is C15H16ClFN4O3. The Morgan fingerprint density at radius 1 is 1.42 bits per heavy atom. The van der Waals surface area contributed by atoms with Gasteiger partial charge in [0.05, 0.1) is 10.7 Å². The summed E-state index contributed by atoms with van der Waals surface area (Å²) in [5, 5.41) is 0.110. The number of hydrogen-bond donors (Lipinski definition) is 0. The fourth-order valence-electron chi connectivity index (χ4n) is 2.85.